The van der Waals surface area contributed by atoms with Crippen molar-refractivity contribution >= 4 is 11.8 Å². The van der Waals surface area contributed by atoms with Crippen molar-refractivity contribution in [3.63, 3.8) is 0 Å². The number of nitrogens with zero attached hydrogens (tertiary/aromatic N) is 2. The van der Waals surface area contributed by atoms with Crippen molar-refractivity contribution in [1.29, 1.82) is 0 Å². The molecule has 3 atom stereocenters. The minimum Gasteiger partial charge on any atom is -0.348 e. The Bertz CT molecular complexity index is 858. The number of carbonyl (C=O) groups excluding carboxylic acids is 2. The average molecular weight is 407 g/mol. The van der Waals surface area contributed by atoms with Crippen LogP contribution in [0, 0.1) is 0 Å². The Balaban J connectivity index is 1.62. The number of hydrogen-bond acceptors (Lipinski definition) is 5. The largest absolute Gasteiger partial charge is 0.393 e. The molecule has 0 radical (unpaired) electrons. The predicted molar refractivity (Wildman–Crippen MR) is 97.2 cm³/mol. The molecular formula is C19H20F3N5O2. The second-order valence-electron chi connectivity index (χ2n) is 6.79. The van der Waals surface area contributed by atoms with E-state index in [2.05, 4.69) is 25.9 Å². The van der Waals surface area contributed by atoms with Crippen LogP contribution in [-0.4, -0.2) is 34.0 Å². The maximum atomic E-state index is 12.6. The first-order valence-electron chi connectivity index (χ1n) is 8.99. The van der Waals surface area contributed by atoms with Gasteiger partial charge in [-0.05, 0) is 24.1 Å². The van der Waals surface area contributed by atoms with Gasteiger partial charge in [0.05, 0.1) is 24.9 Å². The fourth-order valence-electron chi connectivity index (χ4n) is 3.03. The molecule has 0 spiro atoms. The molecule has 1 fully saturated rings. The number of hydrogen-bond donors (Lipinski definition) is 3. The molecule has 0 bridgehead atoms. The molecule has 2 aromatic rings. The zero-order valence-electron chi connectivity index (χ0n) is 15.5. The van der Waals surface area contributed by atoms with E-state index in [9.17, 15) is 22.8 Å². The quantitative estimate of drug-likeness (QED) is 0.704. The molecule has 3 rings (SSSR count). The van der Waals surface area contributed by atoms with Crippen LogP contribution in [0.5, 0.6) is 0 Å². The average Bonchev–Trinajstić information content (AvgIpc) is 2.67. The van der Waals surface area contributed by atoms with Gasteiger partial charge in [0, 0.05) is 12.4 Å². The van der Waals surface area contributed by atoms with E-state index in [1.807, 2.05) is 0 Å². The number of carbonyl (C=O) groups is 2. The first-order chi connectivity index (χ1) is 13.7. The molecule has 1 aliphatic rings. The molecule has 1 aromatic heterocycles. The van der Waals surface area contributed by atoms with Crippen LogP contribution >= 0.6 is 0 Å². The SMILES string of the molecule is C[C@@H](NC(=O)C1CC(=O)NC(c2ncccn2)N1)c1ccc(CC(F)(F)F)cc1. The van der Waals surface area contributed by atoms with E-state index >= 15 is 0 Å². The van der Waals surface area contributed by atoms with Crippen molar-refractivity contribution in [2.45, 2.75) is 44.2 Å². The maximum absolute atomic E-state index is 12.6. The lowest BCUT2D eigenvalue weighted by molar-refractivity contribution is -0.132. The van der Waals surface area contributed by atoms with Gasteiger partial charge in [-0.25, -0.2) is 9.97 Å². The Labute approximate surface area is 165 Å². The van der Waals surface area contributed by atoms with Gasteiger partial charge in [-0.15, -0.1) is 0 Å². The van der Waals surface area contributed by atoms with Gasteiger partial charge < -0.3 is 10.6 Å². The molecule has 2 unspecified atom stereocenters. The summed E-state index contributed by atoms with van der Waals surface area (Å²) >= 11 is 0. The van der Waals surface area contributed by atoms with Gasteiger partial charge >= 0.3 is 6.18 Å². The molecule has 2 amide bonds. The van der Waals surface area contributed by atoms with Crippen LogP contribution in [0.1, 0.15) is 42.5 Å². The lowest BCUT2D eigenvalue weighted by Crippen LogP contribution is -2.56. The molecule has 3 N–H and O–H groups in total. The van der Waals surface area contributed by atoms with Gasteiger partial charge in [-0.2, -0.15) is 13.2 Å². The molecule has 10 heteroatoms. The third-order valence-corrected chi connectivity index (χ3v) is 4.47. The Morgan fingerprint density at radius 1 is 1.24 bits per heavy atom. The summed E-state index contributed by atoms with van der Waals surface area (Å²) in [5, 5.41) is 8.46. The fourth-order valence-corrected chi connectivity index (χ4v) is 3.03. The summed E-state index contributed by atoms with van der Waals surface area (Å²) in [5.74, 6) is -0.371. The standard InChI is InChI=1S/C19H20F3N5O2/c1-11(13-5-3-12(4-6-13)10-19(20,21)22)25-18(29)14-9-15(28)27-17(26-14)16-23-7-2-8-24-16/h2-8,11,14,17,26H,9-10H2,1H3,(H,25,29)(H,27,28)/t11-,14?,17?/m1/s1. The second-order valence-corrected chi connectivity index (χ2v) is 6.79. The number of benzene rings is 1. The lowest BCUT2D eigenvalue weighted by Gasteiger charge is -2.30. The van der Waals surface area contributed by atoms with Crippen LogP contribution in [0.15, 0.2) is 42.7 Å². The van der Waals surface area contributed by atoms with E-state index in [-0.39, 0.29) is 17.9 Å². The van der Waals surface area contributed by atoms with Crippen molar-refractivity contribution in [2.24, 2.45) is 0 Å². The Morgan fingerprint density at radius 3 is 2.52 bits per heavy atom. The van der Waals surface area contributed by atoms with E-state index in [4.69, 9.17) is 0 Å². The molecule has 2 heterocycles. The molecule has 1 aliphatic heterocycles. The van der Waals surface area contributed by atoms with E-state index in [0.717, 1.165) is 0 Å². The van der Waals surface area contributed by atoms with Gasteiger partial charge in [0.1, 0.15) is 6.17 Å². The molecule has 29 heavy (non-hydrogen) atoms. The third-order valence-electron chi connectivity index (χ3n) is 4.47. The van der Waals surface area contributed by atoms with Crippen molar-refractivity contribution < 1.29 is 22.8 Å². The number of halogens is 3. The van der Waals surface area contributed by atoms with Crippen LogP contribution in [0.4, 0.5) is 13.2 Å². The summed E-state index contributed by atoms with van der Waals surface area (Å²) in [4.78, 5) is 32.8. The van der Waals surface area contributed by atoms with Crippen LogP contribution in [0.3, 0.4) is 0 Å². The molecule has 154 valence electrons. The highest BCUT2D eigenvalue weighted by Gasteiger charge is 2.33. The summed E-state index contributed by atoms with van der Waals surface area (Å²) in [6.45, 7) is 1.72. The van der Waals surface area contributed by atoms with Crippen molar-refractivity contribution in [3.05, 3.63) is 59.7 Å². The number of alkyl halides is 3. The molecule has 0 saturated carbocycles. The van der Waals surface area contributed by atoms with Crippen LogP contribution < -0.4 is 16.0 Å². The van der Waals surface area contributed by atoms with Gasteiger partial charge in [0.2, 0.25) is 11.8 Å². The van der Waals surface area contributed by atoms with Crippen LogP contribution in [0.25, 0.3) is 0 Å². The Kier molecular flexibility index (Phi) is 6.12. The minimum atomic E-state index is -4.27. The number of aromatic nitrogens is 2. The summed E-state index contributed by atoms with van der Waals surface area (Å²) < 4.78 is 37.4. The normalized spacial score (nSPS) is 20.6. The smallest absolute Gasteiger partial charge is 0.348 e. The first kappa shape index (κ1) is 20.7. The van der Waals surface area contributed by atoms with E-state index in [1.165, 1.54) is 24.5 Å². The van der Waals surface area contributed by atoms with Crippen LogP contribution in [0.2, 0.25) is 0 Å². The molecule has 1 aromatic carbocycles. The summed E-state index contributed by atoms with van der Waals surface area (Å²) in [5.41, 5.74) is 0.809. The fraction of sp³-hybridized carbons (Fsp3) is 0.368. The van der Waals surface area contributed by atoms with Crippen molar-refractivity contribution in [1.82, 2.24) is 25.9 Å². The lowest BCUT2D eigenvalue weighted by atomic mass is 10.0. The topological polar surface area (TPSA) is 96.0 Å². The van der Waals surface area contributed by atoms with Crippen molar-refractivity contribution in [2.75, 3.05) is 0 Å². The van der Waals surface area contributed by atoms with E-state index in [1.54, 1.807) is 25.1 Å². The maximum Gasteiger partial charge on any atom is 0.393 e. The highest BCUT2D eigenvalue weighted by Crippen LogP contribution is 2.22. The summed E-state index contributed by atoms with van der Waals surface area (Å²) in [6.07, 6.45) is -2.95. The van der Waals surface area contributed by atoms with Crippen LogP contribution in [-0.2, 0) is 16.0 Å². The second kappa shape index (κ2) is 8.56. The number of nitrogens with one attached hydrogen (secondary N) is 3. The zero-order chi connectivity index (χ0) is 21.0. The van der Waals surface area contributed by atoms with E-state index < -0.39 is 36.8 Å². The summed E-state index contributed by atoms with van der Waals surface area (Å²) in [6, 6.07) is 6.28. The highest BCUT2D eigenvalue weighted by molar-refractivity contribution is 5.89. The molecular weight excluding hydrogens is 387 g/mol. The highest BCUT2D eigenvalue weighted by atomic mass is 19.4. The molecule has 1 saturated heterocycles. The Morgan fingerprint density at radius 2 is 1.90 bits per heavy atom. The summed E-state index contributed by atoms with van der Waals surface area (Å²) in [7, 11) is 0. The van der Waals surface area contributed by atoms with Gasteiger partial charge in [-0.1, -0.05) is 24.3 Å². The van der Waals surface area contributed by atoms with Gasteiger partial charge in [0.15, 0.2) is 5.82 Å². The Hall–Kier alpha value is -3.01. The third kappa shape index (κ3) is 5.74. The molecule has 0 aliphatic carbocycles. The van der Waals surface area contributed by atoms with E-state index in [0.29, 0.717) is 11.4 Å². The van der Waals surface area contributed by atoms with Gasteiger partial charge in [-0.3, -0.25) is 14.9 Å². The monoisotopic (exact) mass is 407 g/mol. The van der Waals surface area contributed by atoms with Crippen molar-refractivity contribution in [3.8, 4) is 0 Å². The number of rotatable bonds is 5. The molecule has 7 nitrogen and oxygen atoms in total. The number of amides is 2. The minimum absolute atomic E-state index is 0.0492. The zero-order valence-corrected chi connectivity index (χ0v) is 15.5. The predicted octanol–water partition coefficient (Wildman–Crippen LogP) is 1.94. The van der Waals surface area contributed by atoms with Gasteiger partial charge in [0.25, 0.3) is 0 Å². The first-order valence-corrected chi connectivity index (χ1v) is 8.99.